The van der Waals surface area contributed by atoms with Crippen LogP contribution in [-0.2, 0) is 6.54 Å². The molecule has 2 rings (SSSR count). The molecule has 0 amide bonds. The van der Waals surface area contributed by atoms with Crippen LogP contribution >= 0.6 is 11.6 Å². The monoisotopic (exact) mass is 285 g/mol. The fourth-order valence-corrected chi connectivity index (χ4v) is 1.98. The summed E-state index contributed by atoms with van der Waals surface area (Å²) >= 11 is 6.11. The van der Waals surface area contributed by atoms with E-state index in [1.165, 1.54) is 12.4 Å². The highest BCUT2D eigenvalue weighted by Crippen LogP contribution is 2.29. The third kappa shape index (κ3) is 3.30. The molecule has 1 aromatic heterocycles. The second-order valence-electron chi connectivity index (χ2n) is 4.08. The third-order valence-electron chi connectivity index (χ3n) is 2.72. The lowest BCUT2D eigenvalue weighted by atomic mass is 10.1. The van der Waals surface area contributed by atoms with Gasteiger partial charge in [-0.25, -0.2) is 4.68 Å². The van der Waals surface area contributed by atoms with Crippen LogP contribution in [0.5, 0.6) is 0 Å². The Hall–Kier alpha value is -1.46. The van der Waals surface area contributed by atoms with Gasteiger partial charge in [-0.05, 0) is 24.2 Å². The fraction of sp³-hybridized carbons (Fsp3) is 0.308. The van der Waals surface area contributed by atoms with E-state index in [0.717, 1.165) is 12.1 Å². The normalized spacial score (nSPS) is 11.2. The van der Waals surface area contributed by atoms with Gasteiger partial charge in [-0.1, -0.05) is 24.6 Å². The van der Waals surface area contributed by atoms with Crippen LogP contribution in [0.2, 0.25) is 5.02 Å². The van der Waals surface area contributed by atoms with Crippen LogP contribution in [0.1, 0.15) is 19.0 Å². The summed E-state index contributed by atoms with van der Waals surface area (Å²) in [5, 5.41) is 7.34. The van der Waals surface area contributed by atoms with Gasteiger partial charge in [0.15, 0.2) is 0 Å². The van der Waals surface area contributed by atoms with Crippen LogP contribution in [0.25, 0.3) is 11.1 Å². The molecule has 1 heterocycles. The van der Waals surface area contributed by atoms with Crippen molar-refractivity contribution in [2.45, 2.75) is 20.0 Å². The standard InChI is InChI=1S/C13H14ClF2N3/c1-2-17-6-9-3-4-12(14)11(5-9)10-7-18-19(8-10)13(15)16/h3-5,7-8,13,17H,2,6H2,1H3. The summed E-state index contributed by atoms with van der Waals surface area (Å²) in [6, 6.07) is 5.56. The molecule has 6 heteroatoms. The van der Waals surface area contributed by atoms with Crippen LogP contribution in [0.4, 0.5) is 8.78 Å². The maximum Gasteiger partial charge on any atom is 0.333 e. The van der Waals surface area contributed by atoms with Crippen molar-refractivity contribution in [3.63, 3.8) is 0 Å². The summed E-state index contributed by atoms with van der Waals surface area (Å²) in [5.41, 5.74) is 2.35. The zero-order valence-electron chi connectivity index (χ0n) is 10.4. The number of nitrogens with one attached hydrogen (secondary N) is 1. The maximum absolute atomic E-state index is 12.5. The highest BCUT2D eigenvalue weighted by atomic mass is 35.5. The van der Waals surface area contributed by atoms with E-state index in [0.29, 0.717) is 27.4 Å². The van der Waals surface area contributed by atoms with Gasteiger partial charge in [0.2, 0.25) is 0 Å². The number of halogens is 3. The maximum atomic E-state index is 12.5. The van der Waals surface area contributed by atoms with Crippen molar-refractivity contribution < 1.29 is 8.78 Å². The molecule has 3 nitrogen and oxygen atoms in total. The zero-order valence-corrected chi connectivity index (χ0v) is 11.2. The Morgan fingerprint density at radius 2 is 2.21 bits per heavy atom. The number of hydrogen-bond donors (Lipinski definition) is 1. The summed E-state index contributed by atoms with van der Waals surface area (Å²) in [6.45, 7) is 0.950. The van der Waals surface area contributed by atoms with Gasteiger partial charge >= 0.3 is 6.55 Å². The molecule has 0 saturated heterocycles. The van der Waals surface area contributed by atoms with Gasteiger partial charge in [0.1, 0.15) is 0 Å². The minimum atomic E-state index is -2.64. The lowest BCUT2D eigenvalue weighted by molar-refractivity contribution is 0.0566. The first-order valence-corrected chi connectivity index (χ1v) is 6.31. The van der Waals surface area contributed by atoms with E-state index in [-0.39, 0.29) is 0 Å². The van der Waals surface area contributed by atoms with E-state index < -0.39 is 6.55 Å². The second-order valence-corrected chi connectivity index (χ2v) is 4.49. The number of rotatable bonds is 5. The second kappa shape index (κ2) is 6.12. The van der Waals surface area contributed by atoms with E-state index in [1.54, 1.807) is 6.07 Å². The number of benzene rings is 1. The predicted molar refractivity (Wildman–Crippen MR) is 71.3 cm³/mol. The Labute approximate surface area is 115 Å². The van der Waals surface area contributed by atoms with Gasteiger partial charge in [-0.15, -0.1) is 0 Å². The molecule has 0 fully saturated rings. The molecule has 0 aliphatic rings. The molecule has 102 valence electrons. The Bertz CT molecular complexity index is 555. The average molecular weight is 286 g/mol. The summed E-state index contributed by atoms with van der Waals surface area (Å²) in [4.78, 5) is 0. The van der Waals surface area contributed by atoms with Crippen LogP contribution < -0.4 is 5.32 Å². The topological polar surface area (TPSA) is 29.9 Å². The van der Waals surface area contributed by atoms with Crippen LogP contribution in [-0.4, -0.2) is 16.3 Å². The van der Waals surface area contributed by atoms with Gasteiger partial charge in [-0.3, -0.25) is 0 Å². The van der Waals surface area contributed by atoms with Gasteiger partial charge in [0.05, 0.1) is 6.20 Å². The van der Waals surface area contributed by atoms with Crippen LogP contribution in [0, 0.1) is 0 Å². The van der Waals surface area contributed by atoms with E-state index in [4.69, 9.17) is 11.6 Å². The number of nitrogens with zero attached hydrogens (tertiary/aromatic N) is 2. The van der Waals surface area contributed by atoms with Crippen LogP contribution in [0.15, 0.2) is 30.6 Å². The molecule has 0 unspecified atom stereocenters. The van der Waals surface area contributed by atoms with E-state index in [1.807, 2.05) is 19.1 Å². The third-order valence-corrected chi connectivity index (χ3v) is 3.05. The first-order chi connectivity index (χ1) is 9.11. The van der Waals surface area contributed by atoms with Gasteiger partial charge in [-0.2, -0.15) is 13.9 Å². The van der Waals surface area contributed by atoms with Crippen molar-refractivity contribution in [2.75, 3.05) is 6.54 Å². The minimum Gasteiger partial charge on any atom is -0.313 e. The molecule has 0 aliphatic carbocycles. The van der Waals surface area contributed by atoms with Crippen molar-refractivity contribution in [1.82, 2.24) is 15.1 Å². The molecule has 1 N–H and O–H groups in total. The van der Waals surface area contributed by atoms with Crippen molar-refractivity contribution >= 4 is 11.6 Å². The minimum absolute atomic E-state index is 0.522. The molecule has 1 aromatic carbocycles. The number of hydrogen-bond acceptors (Lipinski definition) is 2. The first kappa shape index (κ1) is 14.0. The van der Waals surface area contributed by atoms with E-state index in [9.17, 15) is 8.78 Å². The highest BCUT2D eigenvalue weighted by Gasteiger charge is 2.11. The molecule has 0 radical (unpaired) electrons. The zero-order chi connectivity index (χ0) is 13.8. The van der Waals surface area contributed by atoms with Crippen molar-refractivity contribution in [3.8, 4) is 11.1 Å². The van der Waals surface area contributed by atoms with Gasteiger partial charge in [0.25, 0.3) is 0 Å². The number of aromatic nitrogens is 2. The smallest absolute Gasteiger partial charge is 0.313 e. The van der Waals surface area contributed by atoms with Crippen LogP contribution in [0.3, 0.4) is 0 Å². The largest absolute Gasteiger partial charge is 0.333 e. The SMILES string of the molecule is CCNCc1ccc(Cl)c(-c2cnn(C(F)F)c2)c1. The molecule has 0 spiro atoms. The highest BCUT2D eigenvalue weighted by molar-refractivity contribution is 6.33. The lowest BCUT2D eigenvalue weighted by Gasteiger charge is -2.06. The van der Waals surface area contributed by atoms with Crippen molar-refractivity contribution in [2.24, 2.45) is 0 Å². The number of alkyl halides is 2. The van der Waals surface area contributed by atoms with Crippen molar-refractivity contribution in [1.29, 1.82) is 0 Å². The Balaban J connectivity index is 2.31. The molecule has 0 saturated carbocycles. The summed E-state index contributed by atoms with van der Waals surface area (Å²) in [7, 11) is 0. The molecular formula is C13H14ClF2N3. The summed E-state index contributed by atoms with van der Waals surface area (Å²) < 4.78 is 25.6. The Kier molecular flexibility index (Phi) is 4.50. The Morgan fingerprint density at radius 3 is 2.84 bits per heavy atom. The van der Waals surface area contributed by atoms with E-state index in [2.05, 4.69) is 10.4 Å². The molecule has 0 aliphatic heterocycles. The molecule has 19 heavy (non-hydrogen) atoms. The summed E-state index contributed by atoms with van der Waals surface area (Å²) in [6.07, 6.45) is 2.69. The van der Waals surface area contributed by atoms with Gasteiger partial charge in [0, 0.05) is 28.9 Å². The quantitative estimate of drug-likeness (QED) is 0.907. The lowest BCUT2D eigenvalue weighted by Crippen LogP contribution is -2.11. The average Bonchev–Trinajstić information content (AvgIpc) is 2.87. The first-order valence-electron chi connectivity index (χ1n) is 5.93. The predicted octanol–water partition coefficient (Wildman–Crippen LogP) is 3.71. The molecule has 0 bridgehead atoms. The fourth-order valence-electron chi connectivity index (χ4n) is 1.76. The molecular weight excluding hydrogens is 272 g/mol. The molecule has 0 atom stereocenters. The molecule has 2 aromatic rings. The Morgan fingerprint density at radius 1 is 1.42 bits per heavy atom. The van der Waals surface area contributed by atoms with Gasteiger partial charge < -0.3 is 5.32 Å². The van der Waals surface area contributed by atoms with Crippen molar-refractivity contribution in [3.05, 3.63) is 41.2 Å². The summed E-state index contributed by atoms with van der Waals surface area (Å²) in [5.74, 6) is 0. The van der Waals surface area contributed by atoms with E-state index >= 15 is 0 Å².